The summed E-state index contributed by atoms with van der Waals surface area (Å²) >= 11 is 0. The van der Waals surface area contributed by atoms with E-state index in [1.165, 1.54) is 13.0 Å². The van der Waals surface area contributed by atoms with Crippen LogP contribution >= 0.6 is 0 Å². The van der Waals surface area contributed by atoms with Crippen LogP contribution in [-0.2, 0) is 70.9 Å². The van der Waals surface area contributed by atoms with Crippen LogP contribution in [-0.4, -0.2) is 222 Å². The van der Waals surface area contributed by atoms with E-state index in [0.717, 1.165) is 116 Å². The minimum Gasteiger partial charge on any atom is -0.394 e. The second kappa shape index (κ2) is 51.7. The molecule has 30 nitrogen and oxygen atoms in total. The minimum atomic E-state index is -0.471. The molecule has 3 atom stereocenters. The summed E-state index contributed by atoms with van der Waals surface area (Å²) in [6.07, 6.45) is 16.1. The summed E-state index contributed by atoms with van der Waals surface area (Å²) in [4.78, 5) is 149. The highest BCUT2D eigenvalue weighted by atomic mass is 19.1. The van der Waals surface area contributed by atoms with Gasteiger partial charge in [-0.3, -0.25) is 52.9 Å². The molecule has 0 unspecified atom stereocenters. The Morgan fingerprint density at radius 1 is 0.390 bits per heavy atom. The van der Waals surface area contributed by atoms with Crippen LogP contribution in [0.5, 0.6) is 0 Å². The van der Waals surface area contributed by atoms with Gasteiger partial charge in [0.05, 0.1) is 84.5 Å². The molecule has 4 aromatic heterocycles. The maximum atomic E-state index is 14.5. The zero-order chi connectivity index (χ0) is 101. The van der Waals surface area contributed by atoms with Crippen LogP contribution in [0.4, 0.5) is 21.5 Å². The first kappa shape index (κ1) is 106. The number of pyridine rings is 1. The van der Waals surface area contributed by atoms with Gasteiger partial charge in [-0.25, -0.2) is 18.4 Å². The number of aliphatic hydroxyl groups excluding tert-OH is 3. The first-order valence-corrected chi connectivity index (χ1v) is 49.5. The number of rotatable bonds is 40. The molecule has 0 radical (unpaired) electrons. The van der Waals surface area contributed by atoms with Crippen LogP contribution in [0.3, 0.4) is 0 Å². The molecule has 11 aromatic rings. The predicted octanol–water partition coefficient (Wildman–Crippen LogP) is 15.7. The minimum absolute atomic E-state index is 0.0659. The fourth-order valence-corrected chi connectivity index (χ4v) is 17.8. The van der Waals surface area contributed by atoms with Crippen molar-refractivity contribution in [2.24, 2.45) is 0 Å². The van der Waals surface area contributed by atoms with E-state index in [1.807, 2.05) is 114 Å². The number of unbranched alkanes of at least 4 members (excludes halogenated alkanes) is 6. The molecule has 7 aromatic carbocycles. The summed E-state index contributed by atoms with van der Waals surface area (Å²) in [5.74, 6) is -3.10. The highest BCUT2D eigenvalue weighted by Crippen LogP contribution is 2.35. The summed E-state index contributed by atoms with van der Waals surface area (Å²) in [6, 6.07) is 52.4. The van der Waals surface area contributed by atoms with Gasteiger partial charge in [0.1, 0.15) is 5.82 Å². The Morgan fingerprint density at radius 2 is 0.709 bits per heavy atom. The normalized spacial score (nSPS) is 14.0. The van der Waals surface area contributed by atoms with Gasteiger partial charge >= 0.3 is 0 Å². The van der Waals surface area contributed by atoms with Gasteiger partial charge in [-0.2, -0.15) is 15.3 Å². The van der Waals surface area contributed by atoms with Crippen molar-refractivity contribution in [1.82, 2.24) is 69.0 Å². The van der Waals surface area contributed by atoms with Gasteiger partial charge in [-0.15, -0.1) is 0 Å². The standard InChI is InChI=1S/C38H44FN5O4.C37H44N6O4.C35H46N6O5/c1-4-6-18-42(19-7-5-2)38(48)34-20-26(3)44(41-34)35-17-16-30(40-36(46)22-28-13-10-11-15-33(28)39)23-32(35)37(47)43-24-29-14-9-8-12-27(29)21-31(43)25-45;1-4-6-17-41(18-7-5-2)37(47)33-19-26(3)43(40-33)34-15-14-30(39-35(45)20-27-11-10-16-38-23-27)22-32(34)36(46)42-24-29-13-9-8-12-28(29)21-31(42)25-44;1-5-7-17-39(18-8-6-2)35(46)31-19-24(3)41(38-31)32-14-13-28(37-33(44)15-16-36-25(4)43)21-30(32)34(45)40-22-27-12-10-9-11-26(27)20-29(40)23-42/h8-17,20,23,31,45H,4-7,18-19,21-22,24-25H2,1-3H3,(H,40,46);8-16,19,22-23,31,44H,4-7,17-18,20-21,24-25H2,1-3H3,(H,39,45);9-14,19,21,29,42H,5-8,15-18,20,22-23H2,1-4H3,(H,36,43)(H,37,44)/t2*31-;29-/m000/s1. The monoisotopic (exact) mass is 1920 g/mol. The zero-order valence-corrected chi connectivity index (χ0v) is 82.7. The zero-order valence-electron chi connectivity index (χ0n) is 82.7. The maximum absolute atomic E-state index is 14.5. The lowest BCUT2D eigenvalue weighted by Crippen LogP contribution is -2.46. The lowest BCUT2D eigenvalue weighted by atomic mass is 9.93. The Bertz CT molecular complexity index is 6170. The third-order valence-corrected chi connectivity index (χ3v) is 25.7. The number of nitrogens with zero attached hydrogens (tertiary/aromatic N) is 13. The number of carbonyl (C=O) groups is 10. The topological polar surface area (TPSA) is 365 Å². The van der Waals surface area contributed by atoms with E-state index in [2.05, 4.69) is 67.8 Å². The van der Waals surface area contributed by atoms with E-state index in [9.17, 15) is 67.7 Å². The molecule has 0 aliphatic carbocycles. The highest BCUT2D eigenvalue weighted by molar-refractivity contribution is 6.04. The van der Waals surface area contributed by atoms with Crippen LogP contribution in [0, 0.1) is 26.6 Å². The number of aliphatic hydroxyl groups is 3. The average Bonchev–Trinajstić information content (AvgIpc) is 1.74. The quantitative estimate of drug-likeness (QED) is 0.0188. The number of amides is 10. The van der Waals surface area contributed by atoms with E-state index in [-0.39, 0.29) is 115 Å². The Labute approximate surface area is 825 Å². The molecule has 7 N–H and O–H groups in total. The van der Waals surface area contributed by atoms with Gasteiger partial charge in [-0.05, 0) is 208 Å². The molecule has 0 fully saturated rings. The number of benzene rings is 7. The molecule has 7 heterocycles. The van der Waals surface area contributed by atoms with Gasteiger partial charge in [0.2, 0.25) is 23.6 Å². The lowest BCUT2D eigenvalue weighted by Gasteiger charge is -2.36. The number of carbonyl (C=O) groups excluding carboxylic acids is 10. The van der Waals surface area contributed by atoms with Crippen LogP contribution in [0.25, 0.3) is 17.1 Å². The molecule has 31 heteroatoms. The summed E-state index contributed by atoms with van der Waals surface area (Å²) in [5.41, 5.74) is 13.7. The van der Waals surface area contributed by atoms with Crippen molar-refractivity contribution >= 4 is 76.1 Å². The number of aryl methyl sites for hydroxylation is 3. The fourth-order valence-electron chi connectivity index (χ4n) is 17.8. The first-order valence-electron chi connectivity index (χ1n) is 49.5. The second-order valence-electron chi connectivity index (χ2n) is 36.4. The van der Waals surface area contributed by atoms with Crippen LogP contribution in [0.1, 0.15) is 256 Å². The third-order valence-electron chi connectivity index (χ3n) is 25.7. The SMILES string of the molecule is CCCCN(CCCC)C(=O)c1cc(C)n(-c2ccc(NC(=O)CCNC(C)=O)cc2C(=O)N2Cc3ccccc3C[C@H]2CO)n1.CCCCN(CCCC)C(=O)c1cc(C)n(-c2ccc(NC(=O)Cc3ccccc3F)cc2C(=O)N2Cc3ccccc3C[C@H]2CO)n1.CCCCN(CCCC)C(=O)c1cc(C)n(-c2ccc(NC(=O)Cc3cccnc3)cc2C(=O)N2Cc3ccccc3C[C@H]2CO)n1. The lowest BCUT2D eigenvalue weighted by molar-refractivity contribution is -0.119. The van der Waals surface area contributed by atoms with Gasteiger partial charge in [0.25, 0.3) is 35.4 Å². The van der Waals surface area contributed by atoms with Gasteiger partial charge in [0, 0.05) is 125 Å². The summed E-state index contributed by atoms with van der Waals surface area (Å²) < 4.78 is 19.1. The maximum Gasteiger partial charge on any atom is 0.274 e. The average molecular weight is 1920 g/mol. The Hall–Kier alpha value is -14.2. The van der Waals surface area contributed by atoms with E-state index >= 15 is 0 Å². The van der Waals surface area contributed by atoms with Crippen LogP contribution in [0.15, 0.2) is 194 Å². The van der Waals surface area contributed by atoms with Crippen molar-refractivity contribution < 1.29 is 67.7 Å². The molecular weight excluding hydrogens is 1790 g/mol. The Balaban J connectivity index is 0.000000189. The van der Waals surface area contributed by atoms with Crippen LogP contribution in [0.2, 0.25) is 0 Å². The molecule has 0 saturated heterocycles. The largest absolute Gasteiger partial charge is 0.394 e. The highest BCUT2D eigenvalue weighted by Gasteiger charge is 2.38. The number of hydrogen-bond donors (Lipinski definition) is 7. The molecule has 14 rings (SSSR count). The van der Waals surface area contributed by atoms with Gasteiger partial charge in [0.15, 0.2) is 17.1 Å². The van der Waals surface area contributed by atoms with E-state index in [1.54, 1.807) is 138 Å². The molecule has 0 spiro atoms. The Morgan fingerprint density at radius 3 is 1.02 bits per heavy atom. The number of hydrogen-bond acceptors (Lipinski definition) is 17. The Kier molecular flexibility index (Phi) is 38.7. The molecule has 3 aliphatic heterocycles. The number of halogens is 1. The molecule has 3 aliphatic rings. The van der Waals surface area contributed by atoms with Crippen molar-refractivity contribution in [2.45, 2.75) is 223 Å². The summed E-state index contributed by atoms with van der Waals surface area (Å²) in [6.45, 7) is 23.9. The van der Waals surface area contributed by atoms with Crippen molar-refractivity contribution in [3.63, 3.8) is 0 Å². The third kappa shape index (κ3) is 27.5. The van der Waals surface area contributed by atoms with Gasteiger partial charge < -0.3 is 66.0 Å². The smallest absolute Gasteiger partial charge is 0.274 e. The van der Waals surface area contributed by atoms with E-state index in [0.29, 0.717) is 152 Å². The number of anilines is 3. The second-order valence-corrected chi connectivity index (χ2v) is 36.4. The van der Waals surface area contributed by atoms with Crippen LogP contribution < -0.4 is 21.3 Å². The molecular formula is C110H134FN17O13. The molecule has 10 amide bonds. The molecule has 141 heavy (non-hydrogen) atoms. The number of fused-ring (bicyclic) bond motifs is 3. The molecule has 744 valence electrons. The fraction of sp³-hybridized carbons (Fsp3) is 0.400. The number of aromatic nitrogens is 7. The van der Waals surface area contributed by atoms with Crippen molar-refractivity contribution in [2.75, 3.05) is 81.6 Å². The van der Waals surface area contributed by atoms with E-state index in [4.69, 9.17) is 15.3 Å². The number of nitrogens with one attached hydrogen (secondary N) is 4. The predicted molar refractivity (Wildman–Crippen MR) is 542 cm³/mol. The molecule has 0 saturated carbocycles. The van der Waals surface area contributed by atoms with Crippen molar-refractivity contribution in [3.8, 4) is 17.1 Å². The van der Waals surface area contributed by atoms with Gasteiger partial charge in [-0.1, -0.05) is 177 Å². The first-order chi connectivity index (χ1) is 68.2. The summed E-state index contributed by atoms with van der Waals surface area (Å²) in [5, 5.41) is 56.3. The van der Waals surface area contributed by atoms with E-state index < -0.39 is 29.8 Å². The molecule has 0 bridgehead atoms. The summed E-state index contributed by atoms with van der Waals surface area (Å²) in [7, 11) is 0. The van der Waals surface area contributed by atoms with Crippen molar-refractivity contribution in [1.29, 1.82) is 0 Å². The van der Waals surface area contributed by atoms with Crippen molar-refractivity contribution in [3.05, 3.63) is 296 Å².